The number of hydrogen-bond acceptors (Lipinski definition) is 3. The third-order valence-electron chi connectivity index (χ3n) is 4.17. The summed E-state index contributed by atoms with van der Waals surface area (Å²) >= 11 is 0. The number of ether oxygens (including phenoxy) is 1. The van der Waals surface area contributed by atoms with E-state index in [9.17, 15) is 0 Å². The van der Waals surface area contributed by atoms with Gasteiger partial charge in [0.05, 0.1) is 6.61 Å². The molecule has 3 nitrogen and oxygen atoms in total. The van der Waals surface area contributed by atoms with E-state index < -0.39 is 0 Å². The molecule has 0 radical (unpaired) electrons. The Bertz CT molecular complexity index is 559. The van der Waals surface area contributed by atoms with Crippen LogP contribution in [0.3, 0.4) is 0 Å². The monoisotopic (exact) mass is 284 g/mol. The number of aromatic nitrogens is 1. The molecule has 112 valence electrons. The molecule has 0 saturated carbocycles. The molecule has 0 bridgehead atoms. The molecule has 0 N–H and O–H groups in total. The maximum Gasteiger partial charge on any atom is 0.145 e. The smallest absolute Gasteiger partial charge is 0.145 e. The second-order valence-corrected chi connectivity index (χ2v) is 5.79. The molecule has 21 heavy (non-hydrogen) atoms. The summed E-state index contributed by atoms with van der Waals surface area (Å²) in [7, 11) is 0. The van der Waals surface area contributed by atoms with Crippen molar-refractivity contribution in [1.82, 2.24) is 9.88 Å². The highest BCUT2D eigenvalue weighted by molar-refractivity contribution is 5.84. The molecule has 1 aromatic heterocycles. The Morgan fingerprint density at radius 2 is 1.86 bits per heavy atom. The van der Waals surface area contributed by atoms with Crippen LogP contribution < -0.4 is 4.74 Å². The SMILES string of the molecule is c1cnc2c(OCCCCN3CCCCC3)cccc2c1. The van der Waals surface area contributed by atoms with Crippen molar-refractivity contribution >= 4 is 10.9 Å². The summed E-state index contributed by atoms with van der Waals surface area (Å²) in [5.74, 6) is 0.908. The van der Waals surface area contributed by atoms with Crippen LogP contribution in [-0.2, 0) is 0 Å². The van der Waals surface area contributed by atoms with Gasteiger partial charge in [0.1, 0.15) is 11.3 Å². The first-order chi connectivity index (χ1) is 10.4. The third-order valence-corrected chi connectivity index (χ3v) is 4.17. The van der Waals surface area contributed by atoms with Crippen LogP contribution in [0.1, 0.15) is 32.1 Å². The van der Waals surface area contributed by atoms with Crippen molar-refractivity contribution in [3.05, 3.63) is 36.5 Å². The highest BCUT2D eigenvalue weighted by atomic mass is 16.5. The van der Waals surface area contributed by atoms with Gasteiger partial charge in [0.15, 0.2) is 0 Å². The molecule has 1 fully saturated rings. The predicted molar refractivity (Wildman–Crippen MR) is 86.8 cm³/mol. The molecular formula is C18H24N2O. The van der Waals surface area contributed by atoms with Crippen LogP contribution in [0.2, 0.25) is 0 Å². The maximum absolute atomic E-state index is 5.93. The lowest BCUT2D eigenvalue weighted by atomic mass is 10.1. The van der Waals surface area contributed by atoms with Crippen molar-refractivity contribution in [3.63, 3.8) is 0 Å². The molecule has 3 heteroatoms. The normalized spacial score (nSPS) is 16.2. The molecule has 0 amide bonds. The molecule has 1 saturated heterocycles. The van der Waals surface area contributed by atoms with Crippen LogP contribution in [0.5, 0.6) is 5.75 Å². The van der Waals surface area contributed by atoms with E-state index in [0.29, 0.717) is 0 Å². The van der Waals surface area contributed by atoms with Crippen LogP contribution in [0.25, 0.3) is 10.9 Å². The van der Waals surface area contributed by atoms with E-state index in [4.69, 9.17) is 4.74 Å². The van der Waals surface area contributed by atoms with Gasteiger partial charge in [-0.2, -0.15) is 0 Å². The fourth-order valence-corrected chi connectivity index (χ4v) is 3.00. The topological polar surface area (TPSA) is 25.4 Å². The zero-order valence-electron chi connectivity index (χ0n) is 12.6. The van der Waals surface area contributed by atoms with Gasteiger partial charge < -0.3 is 9.64 Å². The summed E-state index contributed by atoms with van der Waals surface area (Å²) in [6, 6.07) is 10.2. The van der Waals surface area contributed by atoms with Crippen molar-refractivity contribution in [2.24, 2.45) is 0 Å². The first-order valence-electron chi connectivity index (χ1n) is 8.12. The van der Waals surface area contributed by atoms with Gasteiger partial charge in [-0.25, -0.2) is 0 Å². The van der Waals surface area contributed by atoms with E-state index in [-0.39, 0.29) is 0 Å². The second kappa shape index (κ2) is 7.41. The van der Waals surface area contributed by atoms with E-state index in [1.807, 2.05) is 24.4 Å². The summed E-state index contributed by atoms with van der Waals surface area (Å²) in [6.45, 7) is 4.57. The molecule has 0 unspecified atom stereocenters. The van der Waals surface area contributed by atoms with Crippen LogP contribution in [0.15, 0.2) is 36.5 Å². The first kappa shape index (κ1) is 14.3. The molecule has 1 aliphatic heterocycles. The average molecular weight is 284 g/mol. The van der Waals surface area contributed by atoms with E-state index >= 15 is 0 Å². The van der Waals surface area contributed by atoms with E-state index in [2.05, 4.69) is 22.0 Å². The average Bonchev–Trinajstić information content (AvgIpc) is 2.56. The number of pyridine rings is 1. The van der Waals surface area contributed by atoms with Crippen LogP contribution in [0.4, 0.5) is 0 Å². The summed E-state index contributed by atoms with van der Waals surface area (Å²) in [6.07, 6.45) is 8.31. The van der Waals surface area contributed by atoms with Gasteiger partial charge in [-0.05, 0) is 57.5 Å². The molecule has 0 spiro atoms. The molecule has 1 aromatic carbocycles. The third kappa shape index (κ3) is 3.94. The van der Waals surface area contributed by atoms with Crippen molar-refractivity contribution < 1.29 is 4.74 Å². The molecule has 1 aliphatic rings. The zero-order chi connectivity index (χ0) is 14.3. The number of rotatable bonds is 6. The maximum atomic E-state index is 5.93. The Kier molecular flexibility index (Phi) is 5.06. The molecule has 0 atom stereocenters. The number of unbranched alkanes of at least 4 members (excludes halogenated alkanes) is 1. The Labute approximate surface area is 126 Å². The summed E-state index contributed by atoms with van der Waals surface area (Å²) in [5.41, 5.74) is 0.969. The number of nitrogens with zero attached hydrogens (tertiary/aromatic N) is 2. The molecule has 3 rings (SSSR count). The Morgan fingerprint density at radius 1 is 1.00 bits per heavy atom. The summed E-state index contributed by atoms with van der Waals surface area (Å²) in [4.78, 5) is 7.01. The molecular weight excluding hydrogens is 260 g/mol. The standard InChI is InChI=1S/C18H24N2O/c1-2-12-20(13-3-1)14-4-5-15-21-17-10-6-8-16-9-7-11-19-18(16)17/h6-11H,1-5,12-15H2. The number of para-hydroxylation sites is 1. The first-order valence-corrected chi connectivity index (χ1v) is 8.12. The molecule has 2 heterocycles. The van der Waals surface area contributed by atoms with Crippen molar-refractivity contribution in [3.8, 4) is 5.75 Å². The predicted octanol–water partition coefficient (Wildman–Crippen LogP) is 3.88. The van der Waals surface area contributed by atoms with E-state index in [0.717, 1.165) is 29.7 Å². The van der Waals surface area contributed by atoms with E-state index in [1.165, 1.54) is 45.3 Å². The lowest BCUT2D eigenvalue weighted by Gasteiger charge is -2.26. The Balaban J connectivity index is 1.44. The molecule has 2 aromatic rings. The van der Waals surface area contributed by atoms with Crippen LogP contribution in [-0.4, -0.2) is 36.1 Å². The second-order valence-electron chi connectivity index (χ2n) is 5.79. The lowest BCUT2D eigenvalue weighted by molar-refractivity contribution is 0.216. The van der Waals surface area contributed by atoms with E-state index in [1.54, 1.807) is 0 Å². The molecule has 0 aliphatic carbocycles. The lowest BCUT2D eigenvalue weighted by Crippen LogP contribution is -2.30. The zero-order valence-corrected chi connectivity index (χ0v) is 12.6. The fraction of sp³-hybridized carbons (Fsp3) is 0.500. The van der Waals surface area contributed by atoms with Crippen LogP contribution >= 0.6 is 0 Å². The minimum atomic E-state index is 0.781. The van der Waals surface area contributed by atoms with Gasteiger partial charge >= 0.3 is 0 Å². The number of hydrogen-bond donors (Lipinski definition) is 0. The van der Waals surface area contributed by atoms with Crippen molar-refractivity contribution in [2.45, 2.75) is 32.1 Å². The van der Waals surface area contributed by atoms with Crippen molar-refractivity contribution in [2.75, 3.05) is 26.2 Å². The highest BCUT2D eigenvalue weighted by Gasteiger charge is 2.09. The number of benzene rings is 1. The largest absolute Gasteiger partial charge is 0.491 e. The summed E-state index contributed by atoms with van der Waals surface area (Å²) < 4.78 is 5.93. The van der Waals surface area contributed by atoms with Gasteiger partial charge in [-0.1, -0.05) is 24.6 Å². The summed E-state index contributed by atoms with van der Waals surface area (Å²) in [5, 5.41) is 1.14. The fourth-order valence-electron chi connectivity index (χ4n) is 3.00. The van der Waals surface area contributed by atoms with Crippen molar-refractivity contribution in [1.29, 1.82) is 0 Å². The van der Waals surface area contributed by atoms with Gasteiger partial charge in [0.25, 0.3) is 0 Å². The number of fused-ring (bicyclic) bond motifs is 1. The highest BCUT2D eigenvalue weighted by Crippen LogP contribution is 2.23. The van der Waals surface area contributed by atoms with Gasteiger partial charge in [-0.15, -0.1) is 0 Å². The van der Waals surface area contributed by atoms with Gasteiger partial charge in [-0.3, -0.25) is 4.98 Å². The quantitative estimate of drug-likeness (QED) is 0.753. The Morgan fingerprint density at radius 3 is 2.76 bits per heavy atom. The van der Waals surface area contributed by atoms with Crippen LogP contribution in [0, 0.1) is 0 Å². The number of piperidine rings is 1. The van der Waals surface area contributed by atoms with Gasteiger partial charge in [0.2, 0.25) is 0 Å². The van der Waals surface area contributed by atoms with Gasteiger partial charge in [0, 0.05) is 11.6 Å². The minimum Gasteiger partial charge on any atom is -0.491 e. The number of likely N-dealkylation sites (tertiary alicyclic amines) is 1. The minimum absolute atomic E-state index is 0.781. The Hall–Kier alpha value is -1.61.